The minimum Gasteiger partial charge on any atom is -0.481 e. The Balaban J connectivity index is 2.03. The van der Waals surface area contributed by atoms with Gasteiger partial charge in [0, 0.05) is 12.2 Å². The fourth-order valence-electron chi connectivity index (χ4n) is 1.72. The van der Waals surface area contributed by atoms with Gasteiger partial charge in [0.25, 0.3) is 0 Å². The van der Waals surface area contributed by atoms with E-state index in [2.05, 4.69) is 15.3 Å². The molecule has 1 atom stereocenters. The fourth-order valence-corrected chi connectivity index (χ4v) is 1.72. The number of nitrogens with one attached hydrogen (secondary N) is 1. The number of nitrogen functional groups attached to an aromatic ring is 1. The summed E-state index contributed by atoms with van der Waals surface area (Å²) in [5.41, 5.74) is 7.02. The van der Waals surface area contributed by atoms with Gasteiger partial charge in [0.15, 0.2) is 0 Å². The number of aliphatic hydroxyl groups excluding tert-OH is 1. The van der Waals surface area contributed by atoms with Gasteiger partial charge < -0.3 is 25.6 Å². The molecule has 0 aliphatic carbocycles. The summed E-state index contributed by atoms with van der Waals surface area (Å²) in [6, 6.07) is 8.60. The van der Waals surface area contributed by atoms with E-state index >= 15 is 0 Å². The third-order valence-electron chi connectivity index (χ3n) is 2.87. The maximum atomic E-state index is 10.1. The van der Waals surface area contributed by atoms with E-state index in [4.69, 9.17) is 15.2 Å². The van der Waals surface area contributed by atoms with Crippen molar-refractivity contribution in [2.45, 2.75) is 6.10 Å². The summed E-state index contributed by atoms with van der Waals surface area (Å²) in [6.45, 7) is 0.250. The third kappa shape index (κ3) is 3.96. The van der Waals surface area contributed by atoms with Crippen LogP contribution in [0.2, 0.25) is 0 Å². The molecule has 112 valence electrons. The van der Waals surface area contributed by atoms with Crippen LogP contribution in [0.1, 0.15) is 11.7 Å². The highest BCUT2D eigenvalue weighted by Gasteiger charge is 2.10. The van der Waals surface area contributed by atoms with E-state index in [1.165, 1.54) is 14.2 Å². The predicted octanol–water partition coefficient (Wildman–Crippen LogP) is 1.22. The maximum absolute atomic E-state index is 10.1. The molecule has 2 aromatic rings. The van der Waals surface area contributed by atoms with Crippen LogP contribution >= 0.6 is 0 Å². The molecule has 0 aliphatic heterocycles. The van der Waals surface area contributed by atoms with Crippen molar-refractivity contribution in [1.82, 2.24) is 9.97 Å². The highest BCUT2D eigenvalue weighted by molar-refractivity contribution is 5.40. The van der Waals surface area contributed by atoms with Crippen molar-refractivity contribution >= 4 is 11.6 Å². The normalized spacial score (nSPS) is 11.8. The molecule has 1 heterocycles. The van der Waals surface area contributed by atoms with Crippen molar-refractivity contribution in [1.29, 1.82) is 0 Å². The van der Waals surface area contributed by atoms with Crippen LogP contribution in [-0.4, -0.2) is 35.8 Å². The summed E-state index contributed by atoms with van der Waals surface area (Å²) in [7, 11) is 3.02. The van der Waals surface area contributed by atoms with Crippen LogP contribution < -0.4 is 20.5 Å². The summed E-state index contributed by atoms with van der Waals surface area (Å²) in [4.78, 5) is 8.25. The molecule has 0 amide bonds. The topological polar surface area (TPSA) is 103 Å². The Labute approximate surface area is 122 Å². The van der Waals surface area contributed by atoms with Gasteiger partial charge in [-0.1, -0.05) is 12.1 Å². The van der Waals surface area contributed by atoms with E-state index in [1.807, 2.05) is 0 Å². The monoisotopic (exact) mass is 290 g/mol. The molecule has 21 heavy (non-hydrogen) atoms. The van der Waals surface area contributed by atoms with E-state index in [0.717, 1.165) is 5.56 Å². The van der Waals surface area contributed by atoms with Gasteiger partial charge in [-0.15, -0.1) is 0 Å². The van der Waals surface area contributed by atoms with Crippen molar-refractivity contribution in [3.05, 3.63) is 35.9 Å². The zero-order chi connectivity index (χ0) is 15.2. The lowest BCUT2D eigenvalue weighted by molar-refractivity contribution is 0.191. The van der Waals surface area contributed by atoms with Gasteiger partial charge in [-0.25, -0.2) is 0 Å². The Morgan fingerprint density at radius 2 is 1.71 bits per heavy atom. The first kappa shape index (κ1) is 14.9. The van der Waals surface area contributed by atoms with Crippen LogP contribution in [0.5, 0.6) is 11.8 Å². The fraction of sp³-hybridized carbons (Fsp3) is 0.286. The molecule has 0 radical (unpaired) electrons. The minimum atomic E-state index is -0.702. The Morgan fingerprint density at radius 1 is 1.14 bits per heavy atom. The van der Waals surface area contributed by atoms with Crippen LogP contribution in [0.25, 0.3) is 0 Å². The van der Waals surface area contributed by atoms with E-state index in [0.29, 0.717) is 23.4 Å². The van der Waals surface area contributed by atoms with E-state index in [-0.39, 0.29) is 6.54 Å². The lowest BCUT2D eigenvalue weighted by atomic mass is 10.1. The van der Waals surface area contributed by atoms with Crippen LogP contribution in [-0.2, 0) is 0 Å². The molecular formula is C14H18N4O3. The largest absolute Gasteiger partial charge is 0.481 e. The number of rotatable bonds is 6. The molecule has 1 unspecified atom stereocenters. The Kier molecular flexibility index (Phi) is 4.78. The summed E-state index contributed by atoms with van der Waals surface area (Å²) in [5.74, 6) is 1.08. The van der Waals surface area contributed by atoms with Crippen LogP contribution in [0.3, 0.4) is 0 Å². The summed E-state index contributed by atoms with van der Waals surface area (Å²) in [5, 5.41) is 13.0. The quantitative estimate of drug-likeness (QED) is 0.687. The SMILES string of the molecule is COc1cc(OC)nc(NCC(O)c2ccc(N)cc2)n1. The maximum Gasteiger partial charge on any atom is 0.229 e. The van der Waals surface area contributed by atoms with E-state index < -0.39 is 6.10 Å². The van der Waals surface area contributed by atoms with Crippen molar-refractivity contribution < 1.29 is 14.6 Å². The molecule has 0 spiro atoms. The standard InChI is InChI=1S/C14H18N4O3/c1-20-12-7-13(21-2)18-14(17-12)16-8-11(19)9-3-5-10(15)6-4-9/h3-7,11,19H,8,15H2,1-2H3,(H,16,17,18). The van der Waals surface area contributed by atoms with Gasteiger partial charge in [0.1, 0.15) is 0 Å². The number of ether oxygens (including phenoxy) is 2. The molecule has 7 heteroatoms. The average molecular weight is 290 g/mol. The number of hydrogen-bond donors (Lipinski definition) is 3. The zero-order valence-electron chi connectivity index (χ0n) is 11.9. The van der Waals surface area contributed by atoms with Gasteiger partial charge in [0.2, 0.25) is 17.7 Å². The second-order valence-electron chi connectivity index (χ2n) is 4.34. The second kappa shape index (κ2) is 6.76. The highest BCUT2D eigenvalue weighted by Crippen LogP contribution is 2.19. The molecule has 0 fully saturated rings. The number of aliphatic hydroxyl groups is 1. The minimum absolute atomic E-state index is 0.250. The van der Waals surface area contributed by atoms with Crippen LogP contribution in [0.15, 0.2) is 30.3 Å². The Bertz CT molecular complexity index is 567. The second-order valence-corrected chi connectivity index (χ2v) is 4.34. The van der Waals surface area contributed by atoms with Gasteiger partial charge in [-0.3, -0.25) is 0 Å². The summed E-state index contributed by atoms with van der Waals surface area (Å²) < 4.78 is 10.1. The van der Waals surface area contributed by atoms with E-state index in [9.17, 15) is 5.11 Å². The molecular weight excluding hydrogens is 272 g/mol. The summed E-state index contributed by atoms with van der Waals surface area (Å²) >= 11 is 0. The molecule has 1 aromatic heterocycles. The molecule has 0 saturated heterocycles. The number of hydrogen-bond acceptors (Lipinski definition) is 7. The number of benzene rings is 1. The molecule has 0 aliphatic rings. The third-order valence-corrected chi connectivity index (χ3v) is 2.87. The van der Waals surface area contributed by atoms with Gasteiger partial charge in [0.05, 0.1) is 26.4 Å². The summed E-state index contributed by atoms with van der Waals surface area (Å²) in [6.07, 6.45) is -0.702. The Hall–Kier alpha value is -2.54. The first-order valence-corrected chi connectivity index (χ1v) is 6.37. The Morgan fingerprint density at radius 3 is 2.24 bits per heavy atom. The van der Waals surface area contributed by atoms with Crippen molar-refractivity contribution in [2.24, 2.45) is 0 Å². The lowest BCUT2D eigenvalue weighted by Gasteiger charge is -2.13. The lowest BCUT2D eigenvalue weighted by Crippen LogP contribution is -2.14. The van der Waals surface area contributed by atoms with Crippen molar-refractivity contribution in [3.8, 4) is 11.8 Å². The van der Waals surface area contributed by atoms with Crippen molar-refractivity contribution in [2.75, 3.05) is 31.8 Å². The first-order valence-electron chi connectivity index (χ1n) is 6.37. The number of nitrogens with two attached hydrogens (primary N) is 1. The molecule has 0 saturated carbocycles. The predicted molar refractivity (Wildman–Crippen MR) is 79.4 cm³/mol. The van der Waals surface area contributed by atoms with E-state index in [1.54, 1.807) is 30.3 Å². The van der Waals surface area contributed by atoms with Gasteiger partial charge in [-0.05, 0) is 17.7 Å². The van der Waals surface area contributed by atoms with Gasteiger partial charge >= 0.3 is 0 Å². The smallest absolute Gasteiger partial charge is 0.229 e. The zero-order valence-corrected chi connectivity index (χ0v) is 11.9. The van der Waals surface area contributed by atoms with Crippen molar-refractivity contribution in [3.63, 3.8) is 0 Å². The molecule has 4 N–H and O–H groups in total. The average Bonchev–Trinajstić information content (AvgIpc) is 2.52. The number of anilines is 2. The highest BCUT2D eigenvalue weighted by atomic mass is 16.5. The number of methoxy groups -OCH3 is 2. The molecule has 2 rings (SSSR count). The van der Waals surface area contributed by atoms with Crippen LogP contribution in [0.4, 0.5) is 11.6 Å². The molecule has 0 bridgehead atoms. The number of aromatic nitrogens is 2. The molecule has 7 nitrogen and oxygen atoms in total. The first-order chi connectivity index (χ1) is 10.1. The molecule has 1 aromatic carbocycles. The number of nitrogens with zero attached hydrogens (tertiary/aromatic N) is 2. The van der Waals surface area contributed by atoms with Crippen LogP contribution in [0, 0.1) is 0 Å². The van der Waals surface area contributed by atoms with Gasteiger partial charge in [-0.2, -0.15) is 9.97 Å².